The summed E-state index contributed by atoms with van der Waals surface area (Å²) in [6.45, 7) is 0. The predicted molar refractivity (Wildman–Crippen MR) is 47.4 cm³/mol. The molecular formula is C10H9NO. The number of phenolic OH excluding ortho intramolecular Hbond substituents is 1. The molecule has 2 rings (SSSR count). The van der Waals surface area contributed by atoms with Gasteiger partial charge in [0.1, 0.15) is 5.75 Å². The minimum Gasteiger partial charge on any atom is -0.508 e. The first-order valence-electron chi connectivity index (χ1n) is 3.78. The summed E-state index contributed by atoms with van der Waals surface area (Å²) in [7, 11) is 0. The summed E-state index contributed by atoms with van der Waals surface area (Å²) in [4.78, 5) is 0. The highest BCUT2D eigenvalue weighted by Gasteiger charge is 1.93. The van der Waals surface area contributed by atoms with Crippen molar-refractivity contribution in [3.05, 3.63) is 48.8 Å². The van der Waals surface area contributed by atoms with Crippen LogP contribution in [0, 0.1) is 0 Å². The van der Waals surface area contributed by atoms with Gasteiger partial charge in [-0.25, -0.2) is 0 Å². The quantitative estimate of drug-likeness (QED) is 0.677. The highest BCUT2D eigenvalue weighted by atomic mass is 16.3. The van der Waals surface area contributed by atoms with Crippen molar-refractivity contribution in [3.8, 4) is 11.4 Å². The van der Waals surface area contributed by atoms with Crippen molar-refractivity contribution in [1.82, 2.24) is 4.57 Å². The maximum absolute atomic E-state index is 9.20. The molecule has 0 aliphatic carbocycles. The normalized spacial score (nSPS) is 10.0. The Balaban J connectivity index is 2.48. The molecule has 0 fully saturated rings. The molecule has 1 N–H and O–H groups in total. The van der Waals surface area contributed by atoms with Crippen LogP contribution in [-0.4, -0.2) is 9.67 Å². The number of nitrogens with zero attached hydrogens (tertiary/aromatic N) is 1. The first-order valence-corrected chi connectivity index (χ1v) is 3.78. The Morgan fingerprint density at radius 3 is 2.42 bits per heavy atom. The molecule has 0 radical (unpaired) electrons. The lowest BCUT2D eigenvalue weighted by Crippen LogP contribution is -1.87. The van der Waals surface area contributed by atoms with E-state index in [-0.39, 0.29) is 0 Å². The van der Waals surface area contributed by atoms with Gasteiger partial charge in [0.25, 0.3) is 0 Å². The van der Waals surface area contributed by atoms with Gasteiger partial charge >= 0.3 is 0 Å². The van der Waals surface area contributed by atoms with Gasteiger partial charge in [-0.2, -0.15) is 0 Å². The van der Waals surface area contributed by atoms with E-state index in [1.807, 2.05) is 41.2 Å². The van der Waals surface area contributed by atoms with Gasteiger partial charge in [0.05, 0.1) is 0 Å². The van der Waals surface area contributed by atoms with E-state index in [1.165, 1.54) is 0 Å². The molecule has 1 heterocycles. The fourth-order valence-corrected chi connectivity index (χ4v) is 1.16. The summed E-state index contributed by atoms with van der Waals surface area (Å²) in [5.41, 5.74) is 0.972. The summed E-state index contributed by atoms with van der Waals surface area (Å²) in [5.74, 6) is 0.293. The molecule has 2 heteroatoms. The van der Waals surface area contributed by atoms with Crippen LogP contribution in [0.5, 0.6) is 5.75 Å². The average Bonchev–Trinajstić information content (AvgIpc) is 2.56. The summed E-state index contributed by atoms with van der Waals surface area (Å²) < 4.78 is 1.94. The van der Waals surface area contributed by atoms with Crippen LogP contribution in [0.3, 0.4) is 0 Å². The SMILES string of the molecule is Oc1cccc(-n2cccc2)c1. The van der Waals surface area contributed by atoms with Gasteiger partial charge in [0.2, 0.25) is 0 Å². The van der Waals surface area contributed by atoms with Gasteiger partial charge in [-0.15, -0.1) is 0 Å². The zero-order valence-electron chi connectivity index (χ0n) is 6.51. The molecular weight excluding hydrogens is 150 g/mol. The fourth-order valence-electron chi connectivity index (χ4n) is 1.16. The highest BCUT2D eigenvalue weighted by molar-refractivity contribution is 5.38. The highest BCUT2D eigenvalue weighted by Crippen LogP contribution is 2.14. The van der Waals surface area contributed by atoms with Crippen molar-refractivity contribution in [2.75, 3.05) is 0 Å². The Bertz CT molecular complexity index is 365. The average molecular weight is 159 g/mol. The van der Waals surface area contributed by atoms with Gasteiger partial charge in [0.15, 0.2) is 0 Å². The molecule has 0 saturated heterocycles. The van der Waals surface area contributed by atoms with Crippen LogP contribution < -0.4 is 0 Å². The molecule has 0 saturated carbocycles. The number of benzene rings is 1. The van der Waals surface area contributed by atoms with Crippen LogP contribution in [-0.2, 0) is 0 Å². The van der Waals surface area contributed by atoms with E-state index in [0.29, 0.717) is 5.75 Å². The molecule has 2 aromatic rings. The lowest BCUT2D eigenvalue weighted by Gasteiger charge is -2.01. The molecule has 1 aromatic heterocycles. The van der Waals surface area contributed by atoms with E-state index in [2.05, 4.69) is 0 Å². The van der Waals surface area contributed by atoms with E-state index in [1.54, 1.807) is 12.1 Å². The molecule has 0 aliphatic heterocycles. The van der Waals surface area contributed by atoms with Gasteiger partial charge in [-0.05, 0) is 24.3 Å². The first kappa shape index (κ1) is 6.98. The smallest absolute Gasteiger partial charge is 0.117 e. The maximum atomic E-state index is 9.20. The van der Waals surface area contributed by atoms with Crippen LogP contribution in [0.2, 0.25) is 0 Å². The summed E-state index contributed by atoms with van der Waals surface area (Å²) >= 11 is 0. The van der Waals surface area contributed by atoms with Crippen molar-refractivity contribution >= 4 is 0 Å². The lowest BCUT2D eigenvalue weighted by molar-refractivity contribution is 0.475. The maximum Gasteiger partial charge on any atom is 0.117 e. The topological polar surface area (TPSA) is 25.2 Å². The Morgan fingerprint density at radius 2 is 1.75 bits per heavy atom. The number of phenols is 1. The van der Waals surface area contributed by atoms with Crippen molar-refractivity contribution in [1.29, 1.82) is 0 Å². The van der Waals surface area contributed by atoms with Crippen LogP contribution in [0.15, 0.2) is 48.8 Å². The standard InChI is InChI=1S/C10H9NO/c12-10-5-3-4-9(8-10)11-6-1-2-7-11/h1-8,12H. The van der Waals surface area contributed by atoms with Gasteiger partial charge in [-0.3, -0.25) is 0 Å². The molecule has 0 aliphatic rings. The number of aromatic hydroxyl groups is 1. The van der Waals surface area contributed by atoms with Crippen LogP contribution in [0.4, 0.5) is 0 Å². The van der Waals surface area contributed by atoms with E-state index in [9.17, 15) is 5.11 Å². The van der Waals surface area contributed by atoms with Crippen molar-refractivity contribution in [2.24, 2.45) is 0 Å². The van der Waals surface area contributed by atoms with Gasteiger partial charge in [0, 0.05) is 24.1 Å². The summed E-state index contributed by atoms with van der Waals surface area (Å²) in [6, 6.07) is 11.0. The third-order valence-electron chi connectivity index (χ3n) is 1.73. The van der Waals surface area contributed by atoms with E-state index in [4.69, 9.17) is 0 Å². The Labute approximate surface area is 70.7 Å². The fraction of sp³-hybridized carbons (Fsp3) is 0. The molecule has 0 unspecified atom stereocenters. The second-order valence-corrected chi connectivity index (χ2v) is 2.61. The molecule has 60 valence electrons. The number of aromatic nitrogens is 1. The van der Waals surface area contributed by atoms with E-state index < -0.39 is 0 Å². The number of rotatable bonds is 1. The lowest BCUT2D eigenvalue weighted by atomic mass is 10.3. The number of hydrogen-bond donors (Lipinski definition) is 1. The zero-order valence-corrected chi connectivity index (χ0v) is 6.51. The van der Waals surface area contributed by atoms with Crippen LogP contribution in [0.25, 0.3) is 5.69 Å². The third kappa shape index (κ3) is 1.19. The second-order valence-electron chi connectivity index (χ2n) is 2.61. The minimum absolute atomic E-state index is 0.293. The number of hydrogen-bond acceptors (Lipinski definition) is 1. The van der Waals surface area contributed by atoms with Crippen LogP contribution in [0.1, 0.15) is 0 Å². The predicted octanol–water partition coefficient (Wildman–Crippen LogP) is 2.18. The Hall–Kier alpha value is -1.70. The molecule has 2 nitrogen and oxygen atoms in total. The Morgan fingerprint density at radius 1 is 1.00 bits per heavy atom. The molecule has 1 aromatic carbocycles. The summed E-state index contributed by atoms with van der Waals surface area (Å²) in [6.07, 6.45) is 3.88. The second kappa shape index (κ2) is 2.74. The monoisotopic (exact) mass is 159 g/mol. The van der Waals surface area contributed by atoms with E-state index >= 15 is 0 Å². The largest absolute Gasteiger partial charge is 0.508 e. The van der Waals surface area contributed by atoms with Crippen molar-refractivity contribution < 1.29 is 5.11 Å². The van der Waals surface area contributed by atoms with Gasteiger partial charge in [-0.1, -0.05) is 6.07 Å². The molecule has 0 amide bonds. The van der Waals surface area contributed by atoms with Gasteiger partial charge < -0.3 is 9.67 Å². The minimum atomic E-state index is 0.293. The van der Waals surface area contributed by atoms with E-state index in [0.717, 1.165) is 5.69 Å². The Kier molecular flexibility index (Phi) is 1.59. The first-order chi connectivity index (χ1) is 5.86. The molecule has 0 spiro atoms. The van der Waals surface area contributed by atoms with Crippen molar-refractivity contribution in [3.63, 3.8) is 0 Å². The third-order valence-corrected chi connectivity index (χ3v) is 1.73. The van der Waals surface area contributed by atoms with Crippen molar-refractivity contribution in [2.45, 2.75) is 0 Å². The molecule has 0 bridgehead atoms. The van der Waals surface area contributed by atoms with Crippen LogP contribution >= 0.6 is 0 Å². The molecule has 12 heavy (non-hydrogen) atoms. The molecule has 0 atom stereocenters. The zero-order chi connectivity index (χ0) is 8.39. The summed E-state index contributed by atoms with van der Waals surface area (Å²) in [5, 5.41) is 9.20.